The molecule has 19 heavy (non-hydrogen) atoms. The SMILES string of the molecule is CCC(C)(C(Cc1c(Br)c(C)nn1C)NN)N(C)C. The summed E-state index contributed by atoms with van der Waals surface area (Å²) >= 11 is 3.62. The zero-order valence-electron chi connectivity index (χ0n) is 12.8. The number of aromatic nitrogens is 2. The van der Waals surface area contributed by atoms with Gasteiger partial charge in [0, 0.05) is 25.0 Å². The molecule has 1 aromatic heterocycles. The van der Waals surface area contributed by atoms with Gasteiger partial charge >= 0.3 is 0 Å². The van der Waals surface area contributed by atoms with Crippen molar-refractivity contribution in [2.75, 3.05) is 14.1 Å². The van der Waals surface area contributed by atoms with Crippen LogP contribution in [0.4, 0.5) is 0 Å². The van der Waals surface area contributed by atoms with Crippen LogP contribution in [-0.4, -0.2) is 40.4 Å². The summed E-state index contributed by atoms with van der Waals surface area (Å²) in [5, 5.41) is 4.44. The Kier molecular flexibility index (Phi) is 5.55. The summed E-state index contributed by atoms with van der Waals surface area (Å²) in [6, 6.07) is 0.151. The molecule has 110 valence electrons. The number of hydrogen-bond acceptors (Lipinski definition) is 4. The summed E-state index contributed by atoms with van der Waals surface area (Å²) in [5.74, 6) is 5.81. The third kappa shape index (κ3) is 3.18. The van der Waals surface area contributed by atoms with Gasteiger partial charge in [0.2, 0.25) is 0 Å². The van der Waals surface area contributed by atoms with E-state index in [9.17, 15) is 0 Å². The first-order valence-electron chi connectivity index (χ1n) is 6.59. The Hall–Kier alpha value is -0.430. The minimum atomic E-state index is -0.00757. The van der Waals surface area contributed by atoms with Gasteiger partial charge < -0.3 is 4.90 Å². The van der Waals surface area contributed by atoms with E-state index in [0.717, 1.165) is 23.0 Å². The van der Waals surface area contributed by atoms with E-state index in [1.54, 1.807) is 0 Å². The topological polar surface area (TPSA) is 59.1 Å². The minimum absolute atomic E-state index is 0.00757. The monoisotopic (exact) mass is 331 g/mol. The van der Waals surface area contributed by atoms with Gasteiger partial charge in [0.1, 0.15) is 0 Å². The molecule has 6 heteroatoms. The van der Waals surface area contributed by atoms with Crippen LogP contribution in [0.1, 0.15) is 31.7 Å². The van der Waals surface area contributed by atoms with E-state index >= 15 is 0 Å². The van der Waals surface area contributed by atoms with Crippen LogP contribution in [0.25, 0.3) is 0 Å². The summed E-state index contributed by atoms with van der Waals surface area (Å²) in [7, 11) is 6.16. The molecule has 0 fully saturated rings. The van der Waals surface area contributed by atoms with Gasteiger partial charge in [0.15, 0.2) is 0 Å². The average Bonchev–Trinajstić information content (AvgIpc) is 2.60. The van der Waals surface area contributed by atoms with Gasteiger partial charge in [0.25, 0.3) is 0 Å². The molecule has 0 bridgehead atoms. The van der Waals surface area contributed by atoms with E-state index in [-0.39, 0.29) is 11.6 Å². The first kappa shape index (κ1) is 16.6. The smallest absolute Gasteiger partial charge is 0.0738 e. The molecule has 1 rings (SSSR count). The summed E-state index contributed by atoms with van der Waals surface area (Å²) in [6.45, 7) is 6.42. The third-order valence-corrected chi connectivity index (χ3v) is 5.38. The van der Waals surface area contributed by atoms with Crippen molar-refractivity contribution in [2.24, 2.45) is 12.9 Å². The number of hydrazine groups is 1. The normalized spacial score (nSPS) is 16.7. The van der Waals surface area contributed by atoms with Gasteiger partial charge in [-0.05, 0) is 50.3 Å². The Balaban J connectivity index is 3.06. The van der Waals surface area contributed by atoms with Crippen LogP contribution in [0.5, 0.6) is 0 Å². The van der Waals surface area contributed by atoms with Crippen molar-refractivity contribution in [3.8, 4) is 0 Å². The highest BCUT2D eigenvalue weighted by Gasteiger charge is 2.35. The molecule has 0 spiro atoms. The maximum atomic E-state index is 5.81. The molecule has 0 saturated heterocycles. The van der Waals surface area contributed by atoms with Gasteiger partial charge in [-0.2, -0.15) is 5.10 Å². The fourth-order valence-corrected chi connectivity index (χ4v) is 2.93. The highest BCUT2D eigenvalue weighted by Crippen LogP contribution is 2.27. The zero-order valence-corrected chi connectivity index (χ0v) is 14.4. The second-order valence-electron chi connectivity index (χ2n) is 5.50. The first-order valence-corrected chi connectivity index (χ1v) is 7.38. The summed E-state index contributed by atoms with van der Waals surface area (Å²) in [4.78, 5) is 2.23. The molecule has 2 atom stereocenters. The van der Waals surface area contributed by atoms with Crippen LogP contribution in [0.2, 0.25) is 0 Å². The Morgan fingerprint density at radius 2 is 2.11 bits per heavy atom. The molecule has 0 saturated carbocycles. The van der Waals surface area contributed by atoms with E-state index in [2.05, 4.69) is 59.3 Å². The second-order valence-corrected chi connectivity index (χ2v) is 6.29. The van der Waals surface area contributed by atoms with Crippen LogP contribution in [0.3, 0.4) is 0 Å². The van der Waals surface area contributed by atoms with Crippen molar-refractivity contribution < 1.29 is 0 Å². The van der Waals surface area contributed by atoms with Crippen LogP contribution >= 0.6 is 15.9 Å². The number of nitrogens with two attached hydrogens (primary N) is 1. The van der Waals surface area contributed by atoms with Crippen molar-refractivity contribution in [1.82, 2.24) is 20.1 Å². The molecule has 1 aromatic rings. The van der Waals surface area contributed by atoms with E-state index in [4.69, 9.17) is 5.84 Å². The highest BCUT2D eigenvalue weighted by molar-refractivity contribution is 9.10. The van der Waals surface area contributed by atoms with Gasteiger partial charge in [-0.3, -0.25) is 16.0 Å². The summed E-state index contributed by atoms with van der Waals surface area (Å²) < 4.78 is 3.00. The number of nitrogens with zero attached hydrogens (tertiary/aromatic N) is 3. The largest absolute Gasteiger partial charge is 0.302 e. The number of halogens is 1. The zero-order chi connectivity index (χ0) is 14.8. The number of likely N-dealkylation sites (N-methyl/N-ethyl adjacent to an activating group) is 1. The standard InChI is InChI=1S/C13H26BrN5/c1-7-13(3,18(4)5)11(16-15)8-10-12(14)9(2)17-19(10)6/h11,16H,7-8,15H2,1-6H3. The molecule has 0 aromatic carbocycles. The number of rotatable bonds is 6. The Morgan fingerprint density at radius 3 is 2.42 bits per heavy atom. The molecular formula is C13H26BrN5. The van der Waals surface area contributed by atoms with Gasteiger partial charge in [-0.25, -0.2) is 0 Å². The summed E-state index contributed by atoms with van der Waals surface area (Å²) in [5.41, 5.74) is 5.15. The first-order chi connectivity index (χ1) is 8.77. The lowest BCUT2D eigenvalue weighted by Gasteiger charge is -2.42. The lowest BCUT2D eigenvalue weighted by atomic mass is 9.85. The maximum absolute atomic E-state index is 5.81. The lowest BCUT2D eigenvalue weighted by Crippen LogP contribution is -2.59. The van der Waals surface area contributed by atoms with Crippen molar-refractivity contribution in [3.63, 3.8) is 0 Å². The average molecular weight is 332 g/mol. The Bertz CT molecular complexity index is 429. The van der Waals surface area contributed by atoms with E-state index in [0.29, 0.717) is 0 Å². The van der Waals surface area contributed by atoms with Crippen LogP contribution in [0.15, 0.2) is 4.47 Å². The van der Waals surface area contributed by atoms with Crippen molar-refractivity contribution in [1.29, 1.82) is 0 Å². The van der Waals surface area contributed by atoms with Crippen molar-refractivity contribution >= 4 is 15.9 Å². The second kappa shape index (κ2) is 6.35. The predicted octanol–water partition coefficient (Wildman–Crippen LogP) is 1.60. The maximum Gasteiger partial charge on any atom is 0.0738 e. The van der Waals surface area contributed by atoms with E-state index in [1.807, 2.05) is 18.7 Å². The summed E-state index contributed by atoms with van der Waals surface area (Å²) in [6.07, 6.45) is 1.85. The molecule has 3 N–H and O–H groups in total. The van der Waals surface area contributed by atoms with Crippen molar-refractivity contribution in [3.05, 3.63) is 15.9 Å². The van der Waals surface area contributed by atoms with Crippen LogP contribution in [0, 0.1) is 6.92 Å². The Labute approximate surface area is 124 Å². The predicted molar refractivity (Wildman–Crippen MR) is 82.8 cm³/mol. The van der Waals surface area contributed by atoms with Gasteiger partial charge in [-0.1, -0.05) is 6.92 Å². The number of nitrogens with one attached hydrogen (secondary N) is 1. The molecule has 0 aliphatic carbocycles. The number of hydrogen-bond donors (Lipinski definition) is 2. The van der Waals surface area contributed by atoms with E-state index in [1.165, 1.54) is 5.69 Å². The molecule has 5 nitrogen and oxygen atoms in total. The third-order valence-electron chi connectivity index (χ3n) is 4.35. The molecule has 0 radical (unpaired) electrons. The fraction of sp³-hybridized carbons (Fsp3) is 0.769. The lowest BCUT2D eigenvalue weighted by molar-refractivity contribution is 0.111. The molecule has 0 amide bonds. The Morgan fingerprint density at radius 1 is 1.53 bits per heavy atom. The highest BCUT2D eigenvalue weighted by atomic mass is 79.9. The van der Waals surface area contributed by atoms with Crippen LogP contribution in [-0.2, 0) is 13.5 Å². The minimum Gasteiger partial charge on any atom is -0.302 e. The van der Waals surface area contributed by atoms with Gasteiger partial charge in [0.05, 0.1) is 15.9 Å². The van der Waals surface area contributed by atoms with Crippen molar-refractivity contribution in [2.45, 2.75) is 45.2 Å². The molecule has 1 heterocycles. The molecular weight excluding hydrogens is 306 g/mol. The molecule has 0 aliphatic heterocycles. The number of aryl methyl sites for hydroxylation is 2. The van der Waals surface area contributed by atoms with Gasteiger partial charge in [-0.15, -0.1) is 0 Å². The molecule has 0 aliphatic rings. The fourth-order valence-electron chi connectivity index (χ4n) is 2.43. The van der Waals surface area contributed by atoms with E-state index < -0.39 is 0 Å². The van der Waals surface area contributed by atoms with Crippen LogP contribution < -0.4 is 11.3 Å². The quantitative estimate of drug-likeness (QED) is 0.614. The molecule has 2 unspecified atom stereocenters.